The molecule has 0 spiro atoms. The number of nitrogens with zero attached hydrogens (tertiary/aromatic N) is 1. The Labute approximate surface area is 144 Å². The molecule has 2 N–H and O–H groups in total. The van der Waals surface area contributed by atoms with E-state index in [0.717, 1.165) is 5.56 Å². The van der Waals surface area contributed by atoms with Crippen molar-refractivity contribution in [1.29, 1.82) is 0 Å². The van der Waals surface area contributed by atoms with Crippen LogP contribution in [0.1, 0.15) is 40.9 Å². The average Bonchev–Trinajstić information content (AvgIpc) is 3.09. The third-order valence-corrected chi connectivity index (χ3v) is 4.11. The first-order chi connectivity index (χ1) is 12.1. The maximum atomic E-state index is 12.2. The fourth-order valence-corrected chi connectivity index (χ4v) is 3.03. The summed E-state index contributed by atoms with van der Waals surface area (Å²) < 4.78 is 15.8. The van der Waals surface area contributed by atoms with Crippen LogP contribution < -0.4 is 14.8 Å². The lowest BCUT2D eigenvalue weighted by atomic mass is 9.84. The van der Waals surface area contributed by atoms with Gasteiger partial charge in [-0.2, -0.15) is 5.10 Å². The van der Waals surface area contributed by atoms with Crippen LogP contribution in [-0.2, 0) is 9.53 Å². The summed E-state index contributed by atoms with van der Waals surface area (Å²) in [7, 11) is 3.09. The number of benzene rings is 1. The van der Waals surface area contributed by atoms with Gasteiger partial charge in [0.1, 0.15) is 17.2 Å². The van der Waals surface area contributed by atoms with Crippen molar-refractivity contribution in [2.45, 2.75) is 19.3 Å². The number of methoxy groups -OCH3 is 2. The van der Waals surface area contributed by atoms with Crippen LogP contribution in [0.15, 0.2) is 18.3 Å². The minimum atomic E-state index is -0.505. The molecule has 1 amide bonds. The smallest absolute Gasteiger partial charge is 0.356 e. The van der Waals surface area contributed by atoms with Crippen molar-refractivity contribution in [3.8, 4) is 11.5 Å². The molecule has 25 heavy (non-hydrogen) atoms. The molecular formula is C17H19N3O5. The molecule has 0 fully saturated rings. The summed E-state index contributed by atoms with van der Waals surface area (Å²) in [5, 5.41) is 9.47. The predicted molar refractivity (Wildman–Crippen MR) is 89.2 cm³/mol. The molecule has 0 saturated carbocycles. The van der Waals surface area contributed by atoms with Gasteiger partial charge in [-0.3, -0.25) is 9.89 Å². The molecule has 0 unspecified atom stereocenters. The SMILES string of the molecule is CCOC(=O)c1[nH]ncc1[C@@H]1CC(=O)Nc2cc(OC)cc(OC)c21. The second-order valence-electron chi connectivity index (χ2n) is 5.52. The molecule has 0 saturated heterocycles. The fraction of sp³-hybridized carbons (Fsp3) is 0.353. The molecule has 0 bridgehead atoms. The summed E-state index contributed by atoms with van der Waals surface area (Å²) >= 11 is 0. The van der Waals surface area contributed by atoms with Gasteiger partial charge in [0.25, 0.3) is 0 Å². The van der Waals surface area contributed by atoms with E-state index < -0.39 is 5.97 Å². The van der Waals surface area contributed by atoms with E-state index in [1.54, 1.807) is 32.4 Å². The van der Waals surface area contributed by atoms with Gasteiger partial charge in [-0.1, -0.05) is 0 Å². The lowest BCUT2D eigenvalue weighted by Crippen LogP contribution is -2.25. The van der Waals surface area contributed by atoms with Gasteiger partial charge < -0.3 is 19.5 Å². The van der Waals surface area contributed by atoms with Gasteiger partial charge in [-0.15, -0.1) is 0 Å². The average molecular weight is 345 g/mol. The van der Waals surface area contributed by atoms with Crippen molar-refractivity contribution >= 4 is 17.6 Å². The number of amides is 1. The number of aromatic amines is 1. The molecule has 1 aliphatic heterocycles. The zero-order valence-electron chi connectivity index (χ0n) is 14.2. The van der Waals surface area contributed by atoms with Crippen LogP contribution in [0.2, 0.25) is 0 Å². The topological polar surface area (TPSA) is 103 Å². The van der Waals surface area contributed by atoms with Gasteiger partial charge in [-0.05, 0) is 6.92 Å². The normalized spacial score (nSPS) is 16.0. The van der Waals surface area contributed by atoms with E-state index in [1.165, 1.54) is 7.11 Å². The molecule has 1 aliphatic rings. The van der Waals surface area contributed by atoms with Crippen LogP contribution in [0.25, 0.3) is 0 Å². The quantitative estimate of drug-likeness (QED) is 0.804. The highest BCUT2D eigenvalue weighted by atomic mass is 16.5. The van der Waals surface area contributed by atoms with Crippen LogP contribution in [0.3, 0.4) is 0 Å². The molecule has 132 valence electrons. The molecule has 2 aromatic rings. The maximum Gasteiger partial charge on any atom is 0.356 e. The van der Waals surface area contributed by atoms with Crippen molar-refractivity contribution in [2.75, 3.05) is 26.1 Å². The van der Waals surface area contributed by atoms with Crippen LogP contribution in [0.5, 0.6) is 11.5 Å². The van der Waals surface area contributed by atoms with Gasteiger partial charge in [0.15, 0.2) is 0 Å². The van der Waals surface area contributed by atoms with E-state index in [-0.39, 0.29) is 30.5 Å². The maximum absolute atomic E-state index is 12.2. The van der Waals surface area contributed by atoms with Crippen LogP contribution >= 0.6 is 0 Å². The molecule has 1 aromatic carbocycles. The first kappa shape index (κ1) is 16.8. The first-order valence-corrected chi connectivity index (χ1v) is 7.85. The van der Waals surface area contributed by atoms with E-state index >= 15 is 0 Å². The predicted octanol–water partition coefficient (Wildman–Crippen LogP) is 2.08. The van der Waals surface area contributed by atoms with Gasteiger partial charge in [0.2, 0.25) is 5.91 Å². The standard InChI is InChI=1S/C17H19N3O5/c1-4-25-17(22)16-11(8-18-20-16)10-7-14(21)19-12-5-9(23-2)6-13(24-3)15(10)12/h5-6,8,10H,4,7H2,1-3H3,(H,18,20)(H,19,21)/t10-/m0/s1. The summed E-state index contributed by atoms with van der Waals surface area (Å²) in [6, 6.07) is 3.47. The first-order valence-electron chi connectivity index (χ1n) is 7.85. The van der Waals surface area contributed by atoms with E-state index in [1.807, 2.05) is 0 Å². The van der Waals surface area contributed by atoms with E-state index in [2.05, 4.69) is 15.5 Å². The third-order valence-electron chi connectivity index (χ3n) is 4.11. The fourth-order valence-electron chi connectivity index (χ4n) is 3.03. The minimum Gasteiger partial charge on any atom is -0.497 e. The van der Waals surface area contributed by atoms with E-state index in [0.29, 0.717) is 22.7 Å². The highest BCUT2D eigenvalue weighted by molar-refractivity contribution is 5.97. The molecule has 8 heteroatoms. The number of fused-ring (bicyclic) bond motifs is 1. The Kier molecular flexibility index (Phi) is 4.60. The molecular weight excluding hydrogens is 326 g/mol. The number of hydrogen-bond acceptors (Lipinski definition) is 6. The lowest BCUT2D eigenvalue weighted by Gasteiger charge is -2.27. The second-order valence-corrected chi connectivity index (χ2v) is 5.52. The summed E-state index contributed by atoms with van der Waals surface area (Å²) in [6.45, 7) is 1.98. The van der Waals surface area contributed by atoms with Crippen LogP contribution in [-0.4, -0.2) is 42.9 Å². The number of aromatic nitrogens is 2. The summed E-state index contributed by atoms with van der Waals surface area (Å²) in [5.74, 6) is 0.0753. The van der Waals surface area contributed by atoms with Gasteiger partial charge >= 0.3 is 5.97 Å². The van der Waals surface area contributed by atoms with Crippen molar-refractivity contribution in [2.24, 2.45) is 0 Å². The summed E-state index contributed by atoms with van der Waals surface area (Å²) in [6.07, 6.45) is 1.71. The number of rotatable bonds is 5. The Morgan fingerprint density at radius 1 is 1.32 bits per heavy atom. The molecule has 2 heterocycles. The number of carbonyl (C=O) groups is 2. The molecule has 0 aliphatic carbocycles. The number of esters is 1. The largest absolute Gasteiger partial charge is 0.497 e. The summed E-state index contributed by atoms with van der Waals surface area (Å²) in [4.78, 5) is 24.4. The van der Waals surface area contributed by atoms with Crippen molar-refractivity contribution in [3.63, 3.8) is 0 Å². The molecule has 3 rings (SSSR count). The number of H-pyrrole nitrogens is 1. The number of carbonyl (C=O) groups excluding carboxylic acids is 2. The van der Waals surface area contributed by atoms with Gasteiger partial charge in [0.05, 0.1) is 32.7 Å². The Morgan fingerprint density at radius 2 is 2.12 bits per heavy atom. The second kappa shape index (κ2) is 6.84. The zero-order valence-corrected chi connectivity index (χ0v) is 14.2. The molecule has 1 atom stereocenters. The van der Waals surface area contributed by atoms with E-state index in [9.17, 15) is 9.59 Å². The van der Waals surface area contributed by atoms with Gasteiger partial charge in [-0.25, -0.2) is 4.79 Å². The molecule has 8 nitrogen and oxygen atoms in total. The molecule has 1 aromatic heterocycles. The van der Waals surface area contributed by atoms with Gasteiger partial charge in [0, 0.05) is 35.6 Å². The Bertz CT molecular complexity index is 815. The third kappa shape index (κ3) is 3.02. The van der Waals surface area contributed by atoms with Crippen molar-refractivity contribution < 1.29 is 23.8 Å². The van der Waals surface area contributed by atoms with Crippen LogP contribution in [0, 0.1) is 0 Å². The number of ether oxygens (including phenoxy) is 3. The van der Waals surface area contributed by atoms with Crippen LogP contribution in [0.4, 0.5) is 5.69 Å². The zero-order chi connectivity index (χ0) is 18.0. The number of anilines is 1. The van der Waals surface area contributed by atoms with Crippen molar-refractivity contribution in [3.05, 3.63) is 35.2 Å². The number of nitrogens with one attached hydrogen (secondary N) is 2. The Hall–Kier alpha value is -3.03. The van der Waals surface area contributed by atoms with E-state index in [4.69, 9.17) is 14.2 Å². The van der Waals surface area contributed by atoms with Crippen molar-refractivity contribution in [1.82, 2.24) is 10.2 Å². The highest BCUT2D eigenvalue weighted by Crippen LogP contribution is 2.45. The Morgan fingerprint density at radius 3 is 2.80 bits per heavy atom. The summed E-state index contributed by atoms with van der Waals surface area (Å²) in [5.41, 5.74) is 2.20. The minimum absolute atomic E-state index is 0.163. The molecule has 0 radical (unpaired) electrons. The number of hydrogen-bond donors (Lipinski definition) is 2. The monoisotopic (exact) mass is 345 g/mol. The highest BCUT2D eigenvalue weighted by Gasteiger charge is 2.34. The Balaban J connectivity index is 2.13. The lowest BCUT2D eigenvalue weighted by molar-refractivity contribution is -0.116.